The second-order valence-corrected chi connectivity index (χ2v) is 6.74. The average Bonchev–Trinajstić information content (AvgIpc) is 3.18. The minimum Gasteiger partial charge on any atom is -0.494 e. The van der Waals surface area contributed by atoms with Crippen LogP contribution < -0.4 is 4.74 Å². The minimum absolute atomic E-state index is 0.00882. The minimum atomic E-state index is -0.00882. The maximum atomic E-state index is 12.9. The van der Waals surface area contributed by atoms with Crippen LogP contribution in [0.4, 0.5) is 0 Å². The molecular weight excluding hydrogens is 348 g/mol. The summed E-state index contributed by atoms with van der Waals surface area (Å²) >= 11 is 0. The summed E-state index contributed by atoms with van der Waals surface area (Å²) in [5.41, 5.74) is 4.02. The number of H-pyrrole nitrogens is 1. The zero-order valence-electron chi connectivity index (χ0n) is 15.8. The van der Waals surface area contributed by atoms with Crippen molar-refractivity contribution in [2.75, 3.05) is 6.61 Å². The molecule has 2 aromatic carbocycles. The average molecular weight is 370 g/mol. The third kappa shape index (κ3) is 3.67. The maximum absolute atomic E-state index is 12.9. The van der Waals surface area contributed by atoms with E-state index in [2.05, 4.69) is 16.9 Å². The quantitative estimate of drug-likeness (QED) is 0.338. The molecule has 0 spiro atoms. The number of carbonyl (C=O) groups is 1. The monoisotopic (exact) mass is 370 g/mol. The number of pyridine rings is 1. The van der Waals surface area contributed by atoms with Crippen molar-refractivity contribution in [1.82, 2.24) is 9.97 Å². The van der Waals surface area contributed by atoms with Gasteiger partial charge in [-0.3, -0.25) is 4.79 Å². The topological polar surface area (TPSA) is 55.0 Å². The third-order valence-corrected chi connectivity index (χ3v) is 4.77. The zero-order valence-corrected chi connectivity index (χ0v) is 15.8. The fourth-order valence-electron chi connectivity index (χ4n) is 3.17. The van der Waals surface area contributed by atoms with E-state index >= 15 is 0 Å². The van der Waals surface area contributed by atoms with Crippen LogP contribution in [0.25, 0.3) is 22.2 Å². The standard InChI is InChI=1S/C24H22N2O2/c1-2-3-13-28-20-11-9-17(10-12-20)19-14-21-22(16-26-24(21)25-15-19)23(27)18-7-5-4-6-8-18/h4-12,14-16H,2-3,13H2,1H3,(H,25,26). The molecule has 0 radical (unpaired) electrons. The van der Waals surface area contributed by atoms with E-state index in [0.717, 1.165) is 41.7 Å². The van der Waals surface area contributed by atoms with Gasteiger partial charge in [0.25, 0.3) is 0 Å². The Balaban J connectivity index is 1.63. The van der Waals surface area contributed by atoms with Crippen LogP contribution in [-0.4, -0.2) is 22.4 Å². The predicted octanol–water partition coefficient (Wildman–Crippen LogP) is 5.64. The Morgan fingerprint density at radius 3 is 2.57 bits per heavy atom. The molecule has 2 aromatic heterocycles. The van der Waals surface area contributed by atoms with E-state index in [9.17, 15) is 4.79 Å². The van der Waals surface area contributed by atoms with Gasteiger partial charge in [0.1, 0.15) is 11.4 Å². The lowest BCUT2D eigenvalue weighted by molar-refractivity contribution is 0.104. The molecule has 4 aromatic rings. The molecule has 0 aliphatic heterocycles. The first-order chi connectivity index (χ1) is 13.8. The van der Waals surface area contributed by atoms with Gasteiger partial charge in [0, 0.05) is 34.5 Å². The van der Waals surface area contributed by atoms with Crippen molar-refractivity contribution in [2.24, 2.45) is 0 Å². The highest BCUT2D eigenvalue weighted by Crippen LogP contribution is 2.27. The summed E-state index contributed by atoms with van der Waals surface area (Å²) in [6.07, 6.45) is 5.72. The Hall–Kier alpha value is -3.40. The van der Waals surface area contributed by atoms with Gasteiger partial charge in [0.05, 0.1) is 6.61 Å². The summed E-state index contributed by atoms with van der Waals surface area (Å²) in [5.74, 6) is 0.860. The molecule has 0 saturated heterocycles. The Morgan fingerprint density at radius 1 is 1.04 bits per heavy atom. The van der Waals surface area contributed by atoms with Crippen LogP contribution >= 0.6 is 0 Å². The number of nitrogens with zero attached hydrogens (tertiary/aromatic N) is 1. The van der Waals surface area contributed by atoms with Gasteiger partial charge in [-0.15, -0.1) is 0 Å². The smallest absolute Gasteiger partial charge is 0.195 e. The van der Waals surface area contributed by atoms with Gasteiger partial charge in [-0.05, 0) is 30.2 Å². The highest BCUT2D eigenvalue weighted by molar-refractivity contribution is 6.16. The summed E-state index contributed by atoms with van der Waals surface area (Å²) in [5, 5.41) is 0.828. The number of hydrogen-bond donors (Lipinski definition) is 1. The molecule has 0 saturated carbocycles. The number of ether oxygens (including phenoxy) is 1. The second-order valence-electron chi connectivity index (χ2n) is 6.74. The molecule has 4 rings (SSSR count). The Labute approximate surface area is 164 Å². The molecule has 2 heterocycles. The molecule has 0 atom stereocenters. The van der Waals surface area contributed by atoms with Crippen molar-refractivity contribution >= 4 is 16.8 Å². The fraction of sp³-hybridized carbons (Fsp3) is 0.167. The largest absolute Gasteiger partial charge is 0.494 e. The number of unbranched alkanes of at least 4 members (excludes halogenated alkanes) is 1. The number of benzene rings is 2. The Bertz CT molecular complexity index is 1080. The highest BCUT2D eigenvalue weighted by atomic mass is 16.5. The number of rotatable bonds is 7. The van der Waals surface area contributed by atoms with Crippen LogP contribution in [0, 0.1) is 0 Å². The van der Waals surface area contributed by atoms with E-state index in [4.69, 9.17) is 4.74 Å². The molecule has 28 heavy (non-hydrogen) atoms. The molecule has 4 nitrogen and oxygen atoms in total. The van der Waals surface area contributed by atoms with Crippen molar-refractivity contribution in [2.45, 2.75) is 19.8 Å². The number of ketones is 1. The summed E-state index contributed by atoms with van der Waals surface area (Å²) in [6.45, 7) is 2.88. The van der Waals surface area contributed by atoms with Crippen LogP contribution in [-0.2, 0) is 0 Å². The lowest BCUT2D eigenvalue weighted by Gasteiger charge is -2.07. The molecule has 0 aliphatic carbocycles. The van der Waals surface area contributed by atoms with Gasteiger partial charge in [-0.25, -0.2) is 4.98 Å². The van der Waals surface area contributed by atoms with E-state index in [1.807, 2.05) is 66.9 Å². The molecule has 0 aliphatic rings. The van der Waals surface area contributed by atoms with Crippen molar-refractivity contribution < 1.29 is 9.53 Å². The Kier molecular flexibility index (Phi) is 5.20. The first-order valence-electron chi connectivity index (χ1n) is 9.56. The number of carbonyl (C=O) groups excluding carboxylic acids is 1. The maximum Gasteiger partial charge on any atom is 0.195 e. The molecule has 1 N–H and O–H groups in total. The summed E-state index contributed by atoms with van der Waals surface area (Å²) in [6, 6.07) is 19.3. The number of fused-ring (bicyclic) bond motifs is 1. The van der Waals surface area contributed by atoms with E-state index in [-0.39, 0.29) is 5.78 Å². The van der Waals surface area contributed by atoms with Crippen molar-refractivity contribution in [3.63, 3.8) is 0 Å². The first-order valence-corrected chi connectivity index (χ1v) is 9.56. The van der Waals surface area contributed by atoms with Crippen LogP contribution in [0.3, 0.4) is 0 Å². The predicted molar refractivity (Wildman–Crippen MR) is 112 cm³/mol. The van der Waals surface area contributed by atoms with Crippen LogP contribution in [0.1, 0.15) is 35.7 Å². The van der Waals surface area contributed by atoms with Gasteiger partial charge in [0.15, 0.2) is 5.78 Å². The molecule has 0 unspecified atom stereocenters. The van der Waals surface area contributed by atoms with Crippen molar-refractivity contribution in [3.05, 3.63) is 84.2 Å². The van der Waals surface area contributed by atoms with Gasteiger partial charge in [-0.2, -0.15) is 0 Å². The van der Waals surface area contributed by atoms with Crippen LogP contribution in [0.15, 0.2) is 73.1 Å². The number of nitrogens with one attached hydrogen (secondary N) is 1. The molecule has 140 valence electrons. The lowest BCUT2D eigenvalue weighted by atomic mass is 10.0. The van der Waals surface area contributed by atoms with Crippen LogP contribution in [0.5, 0.6) is 5.75 Å². The van der Waals surface area contributed by atoms with Crippen molar-refractivity contribution in [3.8, 4) is 16.9 Å². The normalized spacial score (nSPS) is 10.9. The molecular formula is C24H22N2O2. The van der Waals surface area contributed by atoms with Crippen molar-refractivity contribution in [1.29, 1.82) is 0 Å². The Morgan fingerprint density at radius 2 is 1.82 bits per heavy atom. The van der Waals surface area contributed by atoms with E-state index in [0.29, 0.717) is 16.8 Å². The SMILES string of the molecule is CCCCOc1ccc(-c2cnc3[nH]cc(C(=O)c4ccccc4)c3c2)cc1. The van der Waals surface area contributed by atoms with E-state index in [1.165, 1.54) is 0 Å². The molecule has 0 bridgehead atoms. The number of aromatic nitrogens is 2. The molecule has 0 amide bonds. The zero-order chi connectivity index (χ0) is 19.3. The van der Waals surface area contributed by atoms with E-state index in [1.54, 1.807) is 6.20 Å². The van der Waals surface area contributed by atoms with Crippen LogP contribution in [0.2, 0.25) is 0 Å². The molecule has 0 fully saturated rings. The van der Waals surface area contributed by atoms with Gasteiger partial charge >= 0.3 is 0 Å². The molecule has 4 heteroatoms. The summed E-state index contributed by atoms with van der Waals surface area (Å²) < 4.78 is 5.73. The summed E-state index contributed by atoms with van der Waals surface area (Å²) in [4.78, 5) is 20.5. The van der Waals surface area contributed by atoms with Gasteiger partial charge in [-0.1, -0.05) is 55.8 Å². The summed E-state index contributed by atoms with van der Waals surface area (Å²) in [7, 11) is 0. The van der Waals surface area contributed by atoms with E-state index < -0.39 is 0 Å². The van der Waals surface area contributed by atoms with Gasteiger partial charge in [0.2, 0.25) is 0 Å². The fourth-order valence-corrected chi connectivity index (χ4v) is 3.17. The van der Waals surface area contributed by atoms with Gasteiger partial charge < -0.3 is 9.72 Å². The lowest BCUT2D eigenvalue weighted by Crippen LogP contribution is -1.99. The first kappa shape index (κ1) is 18.0. The second kappa shape index (κ2) is 8.09. The third-order valence-electron chi connectivity index (χ3n) is 4.77. The number of aromatic amines is 1. The number of hydrogen-bond acceptors (Lipinski definition) is 3. The highest BCUT2D eigenvalue weighted by Gasteiger charge is 2.15.